The third-order valence-corrected chi connectivity index (χ3v) is 3.35. The van der Waals surface area contributed by atoms with Crippen LogP contribution in [0.25, 0.3) is 10.9 Å². The Bertz CT molecular complexity index is 627. The predicted octanol–water partition coefficient (Wildman–Crippen LogP) is 4.03. The van der Waals surface area contributed by atoms with Gasteiger partial charge >= 0.3 is 0 Å². The molecule has 0 fully saturated rings. The number of benzene rings is 1. The van der Waals surface area contributed by atoms with E-state index in [4.69, 9.17) is 28.5 Å². The summed E-state index contributed by atoms with van der Waals surface area (Å²) in [6, 6.07) is 5.74. The zero-order chi connectivity index (χ0) is 11.9. The second-order valence-corrected chi connectivity index (χ2v) is 4.35. The molecule has 0 atom stereocenters. The summed E-state index contributed by atoms with van der Waals surface area (Å²) < 4.78 is 0. The Morgan fingerprint density at radius 3 is 2.50 bits per heavy atom. The van der Waals surface area contributed by atoms with Crippen molar-refractivity contribution < 1.29 is 0 Å². The van der Waals surface area contributed by atoms with Crippen molar-refractivity contribution in [2.24, 2.45) is 0 Å². The van der Waals surface area contributed by atoms with Crippen molar-refractivity contribution in [2.45, 2.75) is 13.8 Å². The maximum Gasteiger partial charge on any atom is 0.147 e. The fraction of sp³-hybridized carbons (Fsp3) is 0.167. The first-order valence-electron chi connectivity index (χ1n) is 4.71. The van der Waals surface area contributed by atoms with E-state index in [0.717, 1.165) is 22.0 Å². The van der Waals surface area contributed by atoms with Gasteiger partial charge in [-0.1, -0.05) is 29.3 Å². The number of hydrogen-bond acceptors (Lipinski definition) is 2. The molecule has 2 aromatic rings. The van der Waals surface area contributed by atoms with E-state index in [2.05, 4.69) is 11.1 Å². The first kappa shape index (κ1) is 11.2. The standard InChI is InChI=1S/C12H8Cl2N2/c1-6-8-3-4-10(13)7(2)11(8)16-12(14)9(6)5-15/h3-4H,1-2H3. The lowest BCUT2D eigenvalue weighted by atomic mass is 10.0. The molecule has 0 N–H and O–H groups in total. The van der Waals surface area contributed by atoms with Gasteiger partial charge in [0.15, 0.2) is 0 Å². The monoisotopic (exact) mass is 250 g/mol. The molecular weight excluding hydrogens is 243 g/mol. The number of nitriles is 1. The summed E-state index contributed by atoms with van der Waals surface area (Å²) in [4.78, 5) is 4.23. The number of halogens is 2. The van der Waals surface area contributed by atoms with Crippen LogP contribution in [0, 0.1) is 25.2 Å². The molecule has 0 aliphatic rings. The zero-order valence-corrected chi connectivity index (χ0v) is 10.3. The summed E-state index contributed by atoms with van der Waals surface area (Å²) in [5.74, 6) is 0. The quantitative estimate of drug-likeness (QED) is 0.663. The SMILES string of the molecule is Cc1c(C#N)c(Cl)nc2c(C)c(Cl)ccc12. The summed E-state index contributed by atoms with van der Waals surface area (Å²) in [7, 11) is 0. The van der Waals surface area contributed by atoms with Gasteiger partial charge in [-0.05, 0) is 31.0 Å². The van der Waals surface area contributed by atoms with Gasteiger partial charge in [-0.15, -0.1) is 0 Å². The Labute approximate surface area is 103 Å². The van der Waals surface area contributed by atoms with Crippen molar-refractivity contribution in [3.05, 3.63) is 39.0 Å². The molecule has 1 heterocycles. The highest BCUT2D eigenvalue weighted by Crippen LogP contribution is 2.30. The third kappa shape index (κ3) is 1.53. The smallest absolute Gasteiger partial charge is 0.147 e. The summed E-state index contributed by atoms with van der Waals surface area (Å²) in [5.41, 5.74) is 2.91. The Morgan fingerprint density at radius 1 is 1.19 bits per heavy atom. The molecule has 4 heteroatoms. The van der Waals surface area contributed by atoms with Gasteiger partial charge < -0.3 is 0 Å². The Kier molecular flexibility index (Phi) is 2.75. The first-order chi connectivity index (χ1) is 7.56. The van der Waals surface area contributed by atoms with Gasteiger partial charge in [-0.25, -0.2) is 4.98 Å². The fourth-order valence-corrected chi connectivity index (χ4v) is 2.12. The van der Waals surface area contributed by atoms with Gasteiger partial charge in [0.05, 0.1) is 11.1 Å². The Balaban J connectivity index is 3.00. The van der Waals surface area contributed by atoms with Crippen molar-refractivity contribution in [2.75, 3.05) is 0 Å². The summed E-state index contributed by atoms with van der Waals surface area (Å²) in [6.45, 7) is 3.75. The minimum absolute atomic E-state index is 0.234. The van der Waals surface area contributed by atoms with Crippen LogP contribution in [0.5, 0.6) is 0 Å². The molecule has 2 nitrogen and oxygen atoms in total. The fourth-order valence-electron chi connectivity index (χ4n) is 1.70. The number of rotatable bonds is 0. The van der Waals surface area contributed by atoms with E-state index < -0.39 is 0 Å². The average molecular weight is 251 g/mol. The third-order valence-electron chi connectivity index (χ3n) is 2.67. The summed E-state index contributed by atoms with van der Waals surface area (Å²) in [5, 5.41) is 10.8. The minimum Gasteiger partial charge on any atom is -0.234 e. The van der Waals surface area contributed by atoms with E-state index >= 15 is 0 Å². The van der Waals surface area contributed by atoms with Crippen LogP contribution in [-0.4, -0.2) is 4.98 Å². The predicted molar refractivity (Wildman–Crippen MR) is 66.0 cm³/mol. The largest absolute Gasteiger partial charge is 0.234 e. The van der Waals surface area contributed by atoms with Crippen LogP contribution in [0.1, 0.15) is 16.7 Å². The number of aromatic nitrogens is 1. The molecule has 0 aliphatic heterocycles. The average Bonchev–Trinajstić information content (AvgIpc) is 2.25. The molecular formula is C12H8Cl2N2. The highest BCUT2D eigenvalue weighted by molar-refractivity contribution is 6.33. The van der Waals surface area contributed by atoms with Crippen LogP contribution < -0.4 is 0 Å². The molecule has 0 amide bonds. The topological polar surface area (TPSA) is 36.7 Å². The summed E-state index contributed by atoms with van der Waals surface area (Å²) >= 11 is 12.0. The Hall–Kier alpha value is -1.30. The molecule has 0 saturated heterocycles. The number of pyridine rings is 1. The van der Waals surface area contributed by atoms with Crippen molar-refractivity contribution in [3.8, 4) is 6.07 Å². The van der Waals surface area contributed by atoms with Gasteiger partial charge in [0, 0.05) is 10.4 Å². The normalized spacial score (nSPS) is 10.4. The molecule has 0 saturated carbocycles. The number of nitrogens with zero attached hydrogens (tertiary/aromatic N) is 2. The van der Waals surface area contributed by atoms with E-state index in [0.29, 0.717) is 10.6 Å². The van der Waals surface area contributed by atoms with E-state index in [1.807, 2.05) is 26.0 Å². The maximum atomic E-state index is 8.98. The van der Waals surface area contributed by atoms with Gasteiger partial charge in [-0.3, -0.25) is 0 Å². The van der Waals surface area contributed by atoms with Crippen LogP contribution in [0.3, 0.4) is 0 Å². The van der Waals surface area contributed by atoms with Crippen LogP contribution >= 0.6 is 23.2 Å². The van der Waals surface area contributed by atoms with Gasteiger partial charge in [0.1, 0.15) is 11.2 Å². The van der Waals surface area contributed by atoms with E-state index in [1.165, 1.54) is 0 Å². The highest BCUT2D eigenvalue weighted by atomic mass is 35.5. The van der Waals surface area contributed by atoms with Gasteiger partial charge in [0.2, 0.25) is 0 Å². The summed E-state index contributed by atoms with van der Waals surface area (Å²) in [6.07, 6.45) is 0. The van der Waals surface area contributed by atoms with Crippen molar-refractivity contribution >= 4 is 34.1 Å². The molecule has 2 rings (SSSR count). The molecule has 0 spiro atoms. The van der Waals surface area contributed by atoms with Crippen LogP contribution in [-0.2, 0) is 0 Å². The second kappa shape index (κ2) is 3.93. The molecule has 80 valence electrons. The van der Waals surface area contributed by atoms with E-state index in [-0.39, 0.29) is 5.15 Å². The van der Waals surface area contributed by atoms with Crippen molar-refractivity contribution in [1.29, 1.82) is 5.26 Å². The van der Waals surface area contributed by atoms with E-state index in [9.17, 15) is 0 Å². The maximum absolute atomic E-state index is 8.98. The zero-order valence-electron chi connectivity index (χ0n) is 8.81. The number of aryl methyl sites for hydroxylation is 2. The van der Waals surface area contributed by atoms with Gasteiger partial charge in [-0.2, -0.15) is 5.26 Å². The molecule has 0 unspecified atom stereocenters. The second-order valence-electron chi connectivity index (χ2n) is 3.58. The molecule has 0 radical (unpaired) electrons. The van der Waals surface area contributed by atoms with Crippen LogP contribution in [0.2, 0.25) is 10.2 Å². The molecule has 0 aliphatic carbocycles. The minimum atomic E-state index is 0.234. The molecule has 16 heavy (non-hydrogen) atoms. The lowest BCUT2D eigenvalue weighted by Gasteiger charge is -2.08. The Morgan fingerprint density at radius 2 is 1.88 bits per heavy atom. The van der Waals surface area contributed by atoms with Crippen molar-refractivity contribution in [1.82, 2.24) is 4.98 Å². The van der Waals surface area contributed by atoms with Crippen LogP contribution in [0.15, 0.2) is 12.1 Å². The molecule has 1 aromatic heterocycles. The van der Waals surface area contributed by atoms with E-state index in [1.54, 1.807) is 0 Å². The van der Waals surface area contributed by atoms with Crippen molar-refractivity contribution in [3.63, 3.8) is 0 Å². The number of fused-ring (bicyclic) bond motifs is 1. The molecule has 0 bridgehead atoms. The first-order valence-corrected chi connectivity index (χ1v) is 5.47. The number of hydrogen-bond donors (Lipinski definition) is 0. The molecule has 1 aromatic carbocycles. The lowest BCUT2D eigenvalue weighted by molar-refractivity contribution is 1.30. The lowest BCUT2D eigenvalue weighted by Crippen LogP contribution is -1.93. The highest BCUT2D eigenvalue weighted by Gasteiger charge is 2.12. The van der Waals surface area contributed by atoms with Crippen LogP contribution in [0.4, 0.5) is 0 Å². The van der Waals surface area contributed by atoms with Gasteiger partial charge in [0.25, 0.3) is 0 Å².